The van der Waals surface area contributed by atoms with Crippen LogP contribution in [0.2, 0.25) is 0 Å². The fourth-order valence-electron chi connectivity index (χ4n) is 3.10. The highest BCUT2D eigenvalue weighted by atomic mass is 16.5. The van der Waals surface area contributed by atoms with Crippen molar-refractivity contribution in [1.29, 1.82) is 0 Å². The molecule has 2 N–H and O–H groups in total. The summed E-state index contributed by atoms with van der Waals surface area (Å²) in [5, 5.41) is 13.3. The lowest BCUT2D eigenvalue weighted by Crippen LogP contribution is -2.50. The van der Waals surface area contributed by atoms with E-state index in [9.17, 15) is 9.90 Å². The molecular formula is C20H32N2O3. The SMILES string of the molecule is CC(C)(C)OCC(O)CN1CCCCC1CNC(=O)c1ccccc1. The molecule has 0 radical (unpaired) electrons. The predicted molar refractivity (Wildman–Crippen MR) is 99.7 cm³/mol. The van der Waals surface area contributed by atoms with E-state index in [4.69, 9.17) is 4.74 Å². The molecule has 1 aliphatic heterocycles. The van der Waals surface area contributed by atoms with Crippen molar-refractivity contribution in [1.82, 2.24) is 10.2 Å². The van der Waals surface area contributed by atoms with Crippen LogP contribution in [0.15, 0.2) is 30.3 Å². The predicted octanol–water partition coefficient (Wildman–Crippen LogP) is 2.45. The van der Waals surface area contributed by atoms with Gasteiger partial charge in [-0.25, -0.2) is 0 Å². The molecule has 0 spiro atoms. The molecule has 0 bridgehead atoms. The van der Waals surface area contributed by atoms with Crippen molar-refractivity contribution in [3.8, 4) is 0 Å². The average Bonchev–Trinajstić information content (AvgIpc) is 2.59. The molecule has 1 heterocycles. The Morgan fingerprint density at radius 2 is 2.04 bits per heavy atom. The van der Waals surface area contributed by atoms with Crippen molar-refractivity contribution in [3.63, 3.8) is 0 Å². The van der Waals surface area contributed by atoms with Gasteiger partial charge in [0.2, 0.25) is 0 Å². The third-order valence-electron chi connectivity index (χ3n) is 4.44. The van der Waals surface area contributed by atoms with Crippen molar-refractivity contribution in [3.05, 3.63) is 35.9 Å². The molecule has 5 nitrogen and oxygen atoms in total. The van der Waals surface area contributed by atoms with Crippen molar-refractivity contribution in [2.24, 2.45) is 0 Å². The number of nitrogens with zero attached hydrogens (tertiary/aromatic N) is 1. The molecule has 1 saturated heterocycles. The highest BCUT2D eigenvalue weighted by Gasteiger charge is 2.25. The van der Waals surface area contributed by atoms with E-state index in [1.165, 1.54) is 0 Å². The van der Waals surface area contributed by atoms with Crippen LogP contribution in [-0.4, -0.2) is 59.9 Å². The van der Waals surface area contributed by atoms with Gasteiger partial charge in [-0.15, -0.1) is 0 Å². The van der Waals surface area contributed by atoms with Crippen molar-refractivity contribution < 1.29 is 14.6 Å². The zero-order valence-electron chi connectivity index (χ0n) is 15.7. The minimum atomic E-state index is -0.510. The topological polar surface area (TPSA) is 61.8 Å². The molecular weight excluding hydrogens is 316 g/mol. The maximum absolute atomic E-state index is 12.2. The Hall–Kier alpha value is -1.43. The minimum Gasteiger partial charge on any atom is -0.389 e. The number of piperidine rings is 1. The van der Waals surface area contributed by atoms with Gasteiger partial charge in [-0.1, -0.05) is 24.6 Å². The Labute approximate surface area is 151 Å². The molecule has 1 fully saturated rings. The Balaban J connectivity index is 1.82. The van der Waals surface area contributed by atoms with Crippen LogP contribution in [0.3, 0.4) is 0 Å². The van der Waals surface area contributed by atoms with Crippen LogP contribution >= 0.6 is 0 Å². The van der Waals surface area contributed by atoms with Gasteiger partial charge in [-0.05, 0) is 52.3 Å². The lowest BCUT2D eigenvalue weighted by molar-refractivity contribution is -0.0606. The van der Waals surface area contributed by atoms with E-state index in [2.05, 4.69) is 10.2 Å². The van der Waals surface area contributed by atoms with Gasteiger partial charge >= 0.3 is 0 Å². The summed E-state index contributed by atoms with van der Waals surface area (Å²) in [5.74, 6) is -0.0391. The van der Waals surface area contributed by atoms with Crippen molar-refractivity contribution in [2.45, 2.75) is 57.8 Å². The molecule has 0 aromatic heterocycles. The second-order valence-corrected chi connectivity index (χ2v) is 7.80. The fraction of sp³-hybridized carbons (Fsp3) is 0.650. The largest absolute Gasteiger partial charge is 0.389 e. The number of carbonyl (C=O) groups is 1. The number of rotatable bonds is 7. The van der Waals surface area contributed by atoms with E-state index in [-0.39, 0.29) is 17.6 Å². The van der Waals surface area contributed by atoms with Gasteiger partial charge in [0, 0.05) is 24.7 Å². The standard InChI is InChI=1S/C20H32N2O3/c1-20(2,3)25-15-18(23)14-22-12-8-7-11-17(22)13-21-19(24)16-9-5-4-6-10-16/h4-6,9-10,17-18,23H,7-8,11-15H2,1-3H3,(H,21,24). The van der Waals surface area contributed by atoms with Gasteiger partial charge < -0.3 is 15.2 Å². The van der Waals surface area contributed by atoms with E-state index in [0.29, 0.717) is 25.3 Å². The summed E-state index contributed by atoms with van der Waals surface area (Å²) in [6.07, 6.45) is 2.83. The first kappa shape index (κ1) is 19.9. The number of hydrogen-bond donors (Lipinski definition) is 2. The number of ether oxygens (including phenoxy) is 1. The number of aliphatic hydroxyl groups excluding tert-OH is 1. The molecule has 140 valence electrons. The molecule has 1 aliphatic rings. The molecule has 25 heavy (non-hydrogen) atoms. The summed E-state index contributed by atoms with van der Waals surface area (Å²) in [4.78, 5) is 14.5. The maximum atomic E-state index is 12.2. The highest BCUT2D eigenvalue weighted by molar-refractivity contribution is 5.94. The summed E-state index contributed by atoms with van der Waals surface area (Å²) < 4.78 is 5.68. The summed E-state index contributed by atoms with van der Waals surface area (Å²) in [6.45, 7) is 8.46. The van der Waals surface area contributed by atoms with Gasteiger partial charge in [-0.3, -0.25) is 9.69 Å². The quantitative estimate of drug-likeness (QED) is 0.794. The maximum Gasteiger partial charge on any atom is 0.251 e. The highest BCUT2D eigenvalue weighted by Crippen LogP contribution is 2.17. The van der Waals surface area contributed by atoms with Crippen molar-refractivity contribution in [2.75, 3.05) is 26.2 Å². The first-order chi connectivity index (χ1) is 11.8. The molecule has 1 aromatic rings. The zero-order valence-corrected chi connectivity index (χ0v) is 15.7. The van der Waals surface area contributed by atoms with Gasteiger partial charge in [0.25, 0.3) is 5.91 Å². The molecule has 0 saturated carbocycles. The Morgan fingerprint density at radius 1 is 1.32 bits per heavy atom. The monoisotopic (exact) mass is 348 g/mol. The molecule has 2 rings (SSSR count). The number of aliphatic hydroxyl groups is 1. The Bertz CT molecular complexity index is 527. The van der Waals surface area contributed by atoms with Gasteiger partial charge in [-0.2, -0.15) is 0 Å². The molecule has 2 atom stereocenters. The smallest absolute Gasteiger partial charge is 0.251 e. The lowest BCUT2D eigenvalue weighted by atomic mass is 10.0. The Morgan fingerprint density at radius 3 is 2.72 bits per heavy atom. The van der Waals surface area contributed by atoms with E-state index < -0.39 is 6.10 Å². The van der Waals surface area contributed by atoms with Gasteiger partial charge in [0.05, 0.1) is 18.3 Å². The molecule has 1 amide bonds. The van der Waals surface area contributed by atoms with Crippen LogP contribution in [0, 0.1) is 0 Å². The van der Waals surface area contributed by atoms with Crippen LogP contribution < -0.4 is 5.32 Å². The van der Waals surface area contributed by atoms with Crippen LogP contribution in [0.1, 0.15) is 50.4 Å². The number of amides is 1. The fourth-order valence-corrected chi connectivity index (χ4v) is 3.10. The lowest BCUT2D eigenvalue weighted by Gasteiger charge is -2.37. The van der Waals surface area contributed by atoms with E-state index in [0.717, 1.165) is 25.8 Å². The van der Waals surface area contributed by atoms with Gasteiger partial charge in [0.15, 0.2) is 0 Å². The first-order valence-electron chi connectivity index (χ1n) is 9.24. The molecule has 1 aromatic carbocycles. The van der Waals surface area contributed by atoms with E-state index >= 15 is 0 Å². The average molecular weight is 348 g/mol. The number of hydrogen-bond acceptors (Lipinski definition) is 4. The van der Waals surface area contributed by atoms with E-state index in [1.807, 2.05) is 51.1 Å². The summed E-state index contributed by atoms with van der Waals surface area (Å²) in [5.41, 5.74) is 0.440. The number of benzene rings is 1. The van der Waals surface area contributed by atoms with Crippen molar-refractivity contribution >= 4 is 5.91 Å². The third-order valence-corrected chi connectivity index (χ3v) is 4.44. The Kier molecular flexibility index (Phi) is 7.41. The second-order valence-electron chi connectivity index (χ2n) is 7.80. The van der Waals surface area contributed by atoms with Gasteiger partial charge in [0.1, 0.15) is 0 Å². The van der Waals surface area contributed by atoms with E-state index in [1.54, 1.807) is 0 Å². The number of β-amino-alcohol motifs (C(OH)–C–C–N with tert-alkyl or cyclic N) is 1. The zero-order chi connectivity index (χ0) is 18.3. The third kappa shape index (κ3) is 7.14. The molecule has 5 heteroatoms. The second kappa shape index (κ2) is 9.32. The first-order valence-corrected chi connectivity index (χ1v) is 9.24. The van der Waals surface area contributed by atoms with Crippen LogP contribution in [0.5, 0.6) is 0 Å². The summed E-state index contributed by atoms with van der Waals surface area (Å²) in [7, 11) is 0. The minimum absolute atomic E-state index is 0.0391. The molecule has 0 aliphatic carbocycles. The molecule has 2 unspecified atom stereocenters. The van der Waals surface area contributed by atoms with Crippen LogP contribution in [0.4, 0.5) is 0 Å². The number of nitrogens with one attached hydrogen (secondary N) is 1. The summed E-state index contributed by atoms with van der Waals surface area (Å²) >= 11 is 0. The summed E-state index contributed by atoms with van der Waals surface area (Å²) in [6, 6.07) is 9.55. The van der Waals surface area contributed by atoms with Crippen LogP contribution in [-0.2, 0) is 4.74 Å². The number of likely N-dealkylation sites (tertiary alicyclic amines) is 1. The number of carbonyl (C=O) groups excluding carboxylic acids is 1. The van der Waals surface area contributed by atoms with Crippen LogP contribution in [0.25, 0.3) is 0 Å². The normalized spacial score (nSPS) is 20.2.